The van der Waals surface area contributed by atoms with Crippen molar-refractivity contribution in [2.45, 2.75) is 51.4 Å². The van der Waals surface area contributed by atoms with Gasteiger partial charge in [0.05, 0.1) is 5.92 Å². The summed E-state index contributed by atoms with van der Waals surface area (Å²) in [6.07, 6.45) is -2.44. The molecule has 0 saturated heterocycles. The normalized spacial score (nSPS) is 20.6. The Labute approximate surface area is 177 Å². The molecule has 8 heteroatoms. The Hall–Kier alpha value is -1.19. The van der Waals surface area contributed by atoms with Crippen LogP contribution in [0.1, 0.15) is 36.8 Å². The van der Waals surface area contributed by atoms with Crippen molar-refractivity contribution >= 4 is 35.6 Å². The van der Waals surface area contributed by atoms with Crippen LogP contribution in [0.3, 0.4) is 0 Å². The maximum Gasteiger partial charge on any atom is 0.391 e. The minimum atomic E-state index is -4.11. The van der Waals surface area contributed by atoms with Gasteiger partial charge in [-0.15, -0.1) is 24.0 Å². The van der Waals surface area contributed by atoms with Crippen molar-refractivity contribution in [3.8, 4) is 0 Å². The zero-order valence-electron chi connectivity index (χ0n) is 16.4. The van der Waals surface area contributed by atoms with E-state index in [4.69, 9.17) is 0 Å². The SMILES string of the molecule is CN=C(NCc1ccc(N(C)C)cc1C)NC1CCCC(C(F)(F)F)C1.I. The van der Waals surface area contributed by atoms with Gasteiger partial charge >= 0.3 is 6.18 Å². The number of benzene rings is 1. The molecule has 2 N–H and O–H groups in total. The largest absolute Gasteiger partial charge is 0.391 e. The molecule has 1 aliphatic rings. The van der Waals surface area contributed by atoms with E-state index in [0.29, 0.717) is 18.9 Å². The van der Waals surface area contributed by atoms with Crippen LogP contribution in [0.5, 0.6) is 0 Å². The number of halogens is 4. The molecule has 1 aromatic rings. The van der Waals surface area contributed by atoms with E-state index in [1.807, 2.05) is 19.0 Å². The van der Waals surface area contributed by atoms with E-state index in [1.54, 1.807) is 7.05 Å². The number of guanidine groups is 1. The third-order valence-electron chi connectivity index (χ3n) is 4.99. The molecule has 0 radical (unpaired) electrons. The number of nitrogens with zero attached hydrogens (tertiary/aromatic N) is 2. The Balaban J connectivity index is 0.00000364. The predicted octanol–water partition coefficient (Wildman–Crippen LogP) is 4.47. The number of alkyl halides is 3. The van der Waals surface area contributed by atoms with Crippen molar-refractivity contribution in [2.75, 3.05) is 26.0 Å². The minimum absolute atomic E-state index is 0. The fourth-order valence-electron chi connectivity index (χ4n) is 3.34. The number of hydrogen-bond acceptors (Lipinski definition) is 2. The van der Waals surface area contributed by atoms with Crippen molar-refractivity contribution in [3.05, 3.63) is 29.3 Å². The van der Waals surface area contributed by atoms with Crippen LogP contribution < -0.4 is 15.5 Å². The lowest BCUT2D eigenvalue weighted by molar-refractivity contribution is -0.183. The van der Waals surface area contributed by atoms with Gasteiger partial charge in [0.1, 0.15) is 0 Å². The summed E-state index contributed by atoms with van der Waals surface area (Å²) >= 11 is 0. The van der Waals surface area contributed by atoms with E-state index >= 15 is 0 Å². The zero-order chi connectivity index (χ0) is 19.3. The first-order valence-electron chi connectivity index (χ1n) is 9.01. The fraction of sp³-hybridized carbons (Fsp3) is 0.632. The highest BCUT2D eigenvalue weighted by Gasteiger charge is 2.42. The first-order valence-corrected chi connectivity index (χ1v) is 9.01. The highest BCUT2D eigenvalue weighted by atomic mass is 127. The zero-order valence-corrected chi connectivity index (χ0v) is 18.7. The van der Waals surface area contributed by atoms with E-state index in [0.717, 1.165) is 23.2 Å². The lowest BCUT2D eigenvalue weighted by Gasteiger charge is -2.32. The molecular weight excluding hydrogens is 468 g/mol. The van der Waals surface area contributed by atoms with Gasteiger partial charge in [0.25, 0.3) is 0 Å². The minimum Gasteiger partial charge on any atom is -0.378 e. The highest BCUT2D eigenvalue weighted by Crippen LogP contribution is 2.37. The molecule has 2 atom stereocenters. The molecule has 2 rings (SSSR count). The number of aliphatic imine (C=N–C) groups is 1. The second kappa shape index (κ2) is 10.4. The maximum atomic E-state index is 13.0. The van der Waals surface area contributed by atoms with E-state index in [9.17, 15) is 13.2 Å². The molecule has 1 aromatic carbocycles. The Kier molecular flexibility index (Phi) is 9.17. The molecule has 1 fully saturated rings. The summed E-state index contributed by atoms with van der Waals surface area (Å²) in [4.78, 5) is 6.21. The topological polar surface area (TPSA) is 39.7 Å². The van der Waals surface area contributed by atoms with Gasteiger partial charge in [0.2, 0.25) is 0 Å². The summed E-state index contributed by atoms with van der Waals surface area (Å²) in [5, 5.41) is 6.38. The monoisotopic (exact) mass is 498 g/mol. The van der Waals surface area contributed by atoms with Crippen LogP contribution in [0.25, 0.3) is 0 Å². The van der Waals surface area contributed by atoms with Gasteiger partial charge in [-0.05, 0) is 49.4 Å². The molecule has 27 heavy (non-hydrogen) atoms. The van der Waals surface area contributed by atoms with Gasteiger partial charge in [0.15, 0.2) is 5.96 Å². The summed E-state index contributed by atoms with van der Waals surface area (Å²) < 4.78 is 38.9. The molecule has 1 aliphatic carbocycles. The molecule has 0 aromatic heterocycles. The van der Waals surface area contributed by atoms with E-state index in [2.05, 4.69) is 40.7 Å². The number of hydrogen-bond donors (Lipinski definition) is 2. The molecule has 0 heterocycles. The molecule has 0 aliphatic heterocycles. The van der Waals surface area contributed by atoms with Crippen LogP contribution in [-0.2, 0) is 6.54 Å². The standard InChI is InChI=1S/C19H29F3N4.HI/c1-13-10-17(26(3)4)9-8-14(13)12-24-18(23-2)25-16-7-5-6-15(11-16)19(20,21)22;/h8-10,15-16H,5-7,11-12H2,1-4H3,(H2,23,24,25);1H. The molecule has 154 valence electrons. The predicted molar refractivity (Wildman–Crippen MR) is 116 cm³/mol. The van der Waals surface area contributed by atoms with Crippen molar-refractivity contribution in [3.63, 3.8) is 0 Å². The van der Waals surface area contributed by atoms with E-state index in [-0.39, 0.29) is 42.9 Å². The summed E-state index contributed by atoms with van der Waals surface area (Å²) in [6, 6.07) is 6.03. The third kappa shape index (κ3) is 7.04. The molecule has 0 amide bonds. The second-order valence-electron chi connectivity index (χ2n) is 7.18. The molecule has 1 saturated carbocycles. The third-order valence-corrected chi connectivity index (χ3v) is 4.99. The maximum absolute atomic E-state index is 13.0. The van der Waals surface area contributed by atoms with Crippen molar-refractivity contribution in [2.24, 2.45) is 10.9 Å². The Morgan fingerprint density at radius 1 is 1.26 bits per heavy atom. The van der Waals surface area contributed by atoms with Gasteiger partial charge in [-0.1, -0.05) is 12.5 Å². The summed E-state index contributed by atoms with van der Waals surface area (Å²) in [6.45, 7) is 2.63. The first kappa shape index (κ1) is 23.8. The van der Waals surface area contributed by atoms with Crippen LogP contribution in [0, 0.1) is 12.8 Å². The van der Waals surface area contributed by atoms with E-state index in [1.165, 1.54) is 0 Å². The van der Waals surface area contributed by atoms with Gasteiger partial charge in [-0.25, -0.2) is 0 Å². The van der Waals surface area contributed by atoms with Gasteiger partial charge < -0.3 is 15.5 Å². The number of aryl methyl sites for hydroxylation is 1. The second-order valence-corrected chi connectivity index (χ2v) is 7.18. The number of rotatable bonds is 4. The Morgan fingerprint density at radius 2 is 1.96 bits per heavy atom. The Bertz CT molecular complexity index is 632. The molecule has 2 unspecified atom stereocenters. The summed E-state index contributed by atoms with van der Waals surface area (Å²) in [5.41, 5.74) is 3.43. The Morgan fingerprint density at radius 3 is 2.52 bits per heavy atom. The van der Waals surface area contributed by atoms with Gasteiger partial charge in [-0.3, -0.25) is 4.99 Å². The number of anilines is 1. The quantitative estimate of drug-likeness (QED) is 0.366. The lowest BCUT2D eigenvalue weighted by Crippen LogP contribution is -2.46. The fourth-order valence-corrected chi connectivity index (χ4v) is 3.34. The van der Waals surface area contributed by atoms with Crippen LogP contribution in [0.4, 0.5) is 18.9 Å². The van der Waals surface area contributed by atoms with Crippen molar-refractivity contribution in [1.82, 2.24) is 10.6 Å². The average Bonchev–Trinajstić information content (AvgIpc) is 2.58. The lowest BCUT2D eigenvalue weighted by atomic mass is 9.85. The molecule has 0 spiro atoms. The van der Waals surface area contributed by atoms with Crippen LogP contribution >= 0.6 is 24.0 Å². The van der Waals surface area contributed by atoms with Gasteiger partial charge in [0, 0.05) is 39.4 Å². The molecule has 4 nitrogen and oxygen atoms in total. The van der Waals surface area contributed by atoms with Crippen LogP contribution in [-0.4, -0.2) is 39.3 Å². The van der Waals surface area contributed by atoms with Gasteiger partial charge in [-0.2, -0.15) is 13.2 Å². The average molecular weight is 498 g/mol. The smallest absolute Gasteiger partial charge is 0.378 e. The van der Waals surface area contributed by atoms with Crippen molar-refractivity contribution in [1.29, 1.82) is 0 Å². The summed E-state index contributed by atoms with van der Waals surface area (Å²) in [7, 11) is 5.63. The summed E-state index contributed by atoms with van der Waals surface area (Å²) in [5.74, 6) is -0.665. The molecule has 0 bridgehead atoms. The first-order chi connectivity index (χ1) is 12.2. The highest BCUT2D eigenvalue weighted by molar-refractivity contribution is 14.0. The van der Waals surface area contributed by atoms with Crippen molar-refractivity contribution < 1.29 is 13.2 Å². The van der Waals surface area contributed by atoms with Crippen LogP contribution in [0.2, 0.25) is 0 Å². The van der Waals surface area contributed by atoms with E-state index < -0.39 is 12.1 Å². The van der Waals surface area contributed by atoms with Crippen LogP contribution in [0.15, 0.2) is 23.2 Å². The molecular formula is C19H30F3IN4. The number of nitrogens with one attached hydrogen (secondary N) is 2.